The summed E-state index contributed by atoms with van der Waals surface area (Å²) >= 11 is 6.06. The van der Waals surface area contributed by atoms with Crippen LogP contribution in [0.15, 0.2) is 16.6 Å². The van der Waals surface area contributed by atoms with Gasteiger partial charge in [-0.15, -0.1) is 0 Å². The molecule has 0 spiro atoms. The number of ketones is 1. The summed E-state index contributed by atoms with van der Waals surface area (Å²) in [6.45, 7) is 0. The van der Waals surface area contributed by atoms with Gasteiger partial charge in [-0.05, 0) is 28.1 Å². The first-order valence-corrected chi connectivity index (χ1v) is 5.64. The van der Waals surface area contributed by atoms with Crippen LogP contribution in [0.3, 0.4) is 0 Å². The summed E-state index contributed by atoms with van der Waals surface area (Å²) in [4.78, 5) is 11.4. The van der Waals surface area contributed by atoms with E-state index in [1.54, 1.807) is 0 Å². The fourth-order valence-corrected chi connectivity index (χ4v) is 1.83. The standard InChI is InChI=1S/C9H7Br2FO2/c1-14-9-5(7(13)4-10)2-3-6(12)8(9)11/h2-3H,4H2,1H3. The second-order valence-electron chi connectivity index (χ2n) is 2.50. The lowest BCUT2D eigenvalue weighted by molar-refractivity contribution is 0.102. The fourth-order valence-electron chi connectivity index (χ4n) is 1.02. The van der Waals surface area contributed by atoms with Gasteiger partial charge >= 0.3 is 0 Å². The molecular formula is C9H7Br2FO2. The minimum absolute atomic E-state index is 0.150. The highest BCUT2D eigenvalue weighted by Gasteiger charge is 2.16. The second kappa shape index (κ2) is 4.89. The van der Waals surface area contributed by atoms with E-state index in [2.05, 4.69) is 31.9 Å². The molecule has 1 aromatic rings. The van der Waals surface area contributed by atoms with Crippen LogP contribution < -0.4 is 4.74 Å². The van der Waals surface area contributed by atoms with Crippen LogP contribution in [-0.2, 0) is 0 Å². The Labute approximate surface area is 97.7 Å². The third kappa shape index (κ3) is 2.15. The van der Waals surface area contributed by atoms with Crippen LogP contribution in [0.5, 0.6) is 5.75 Å². The molecule has 0 aromatic heterocycles. The van der Waals surface area contributed by atoms with Crippen molar-refractivity contribution in [1.82, 2.24) is 0 Å². The molecule has 0 saturated carbocycles. The van der Waals surface area contributed by atoms with Gasteiger partial charge in [0.15, 0.2) is 5.78 Å². The number of methoxy groups -OCH3 is 1. The van der Waals surface area contributed by atoms with Crippen LogP contribution in [0.2, 0.25) is 0 Å². The van der Waals surface area contributed by atoms with Crippen molar-refractivity contribution in [3.63, 3.8) is 0 Å². The molecule has 0 aliphatic carbocycles. The molecule has 0 saturated heterocycles. The zero-order valence-electron chi connectivity index (χ0n) is 7.31. The van der Waals surface area contributed by atoms with Crippen molar-refractivity contribution < 1.29 is 13.9 Å². The topological polar surface area (TPSA) is 26.3 Å². The lowest BCUT2D eigenvalue weighted by Crippen LogP contribution is -2.04. The largest absolute Gasteiger partial charge is 0.495 e. The van der Waals surface area contributed by atoms with E-state index in [9.17, 15) is 9.18 Å². The zero-order chi connectivity index (χ0) is 10.7. The molecule has 76 valence electrons. The van der Waals surface area contributed by atoms with Crippen molar-refractivity contribution >= 4 is 37.6 Å². The van der Waals surface area contributed by atoms with Gasteiger partial charge in [0.05, 0.1) is 22.5 Å². The first-order chi connectivity index (χ1) is 6.61. The molecule has 0 N–H and O–H groups in total. The van der Waals surface area contributed by atoms with E-state index in [0.717, 1.165) is 0 Å². The summed E-state index contributed by atoms with van der Waals surface area (Å²) in [6.07, 6.45) is 0. The van der Waals surface area contributed by atoms with Gasteiger partial charge in [0, 0.05) is 0 Å². The predicted octanol–water partition coefficient (Wildman–Crippen LogP) is 3.17. The van der Waals surface area contributed by atoms with Crippen LogP contribution in [0.25, 0.3) is 0 Å². The van der Waals surface area contributed by atoms with Crippen molar-refractivity contribution in [3.8, 4) is 5.75 Å². The molecule has 0 bridgehead atoms. The summed E-state index contributed by atoms with van der Waals surface area (Å²) in [5, 5.41) is 0.182. The van der Waals surface area contributed by atoms with E-state index >= 15 is 0 Å². The Morgan fingerprint density at radius 2 is 2.21 bits per heavy atom. The molecule has 0 fully saturated rings. The highest BCUT2D eigenvalue weighted by atomic mass is 79.9. The quantitative estimate of drug-likeness (QED) is 0.630. The van der Waals surface area contributed by atoms with Crippen molar-refractivity contribution in [1.29, 1.82) is 0 Å². The highest BCUT2D eigenvalue weighted by molar-refractivity contribution is 9.10. The maximum absolute atomic E-state index is 13.1. The number of Topliss-reactive ketones (excluding diaryl/α,β-unsaturated/α-hetero) is 1. The maximum Gasteiger partial charge on any atom is 0.177 e. The molecule has 2 nitrogen and oxygen atoms in total. The van der Waals surface area contributed by atoms with Crippen LogP contribution in [0.1, 0.15) is 10.4 Å². The highest BCUT2D eigenvalue weighted by Crippen LogP contribution is 2.31. The monoisotopic (exact) mass is 324 g/mol. The summed E-state index contributed by atoms with van der Waals surface area (Å²) < 4.78 is 18.2. The van der Waals surface area contributed by atoms with Gasteiger partial charge in [-0.25, -0.2) is 4.39 Å². The Morgan fingerprint density at radius 1 is 1.57 bits per heavy atom. The molecule has 0 atom stereocenters. The predicted molar refractivity (Wildman–Crippen MR) is 58.8 cm³/mol. The minimum Gasteiger partial charge on any atom is -0.495 e. The molecule has 0 aliphatic heterocycles. The molecule has 0 amide bonds. The maximum atomic E-state index is 13.1. The van der Waals surface area contributed by atoms with E-state index in [1.807, 2.05) is 0 Å². The van der Waals surface area contributed by atoms with Crippen molar-refractivity contribution in [3.05, 3.63) is 28.0 Å². The molecule has 1 rings (SSSR count). The van der Waals surface area contributed by atoms with Gasteiger partial charge in [0.2, 0.25) is 0 Å². The van der Waals surface area contributed by atoms with Crippen LogP contribution in [0.4, 0.5) is 4.39 Å². The molecule has 5 heteroatoms. The van der Waals surface area contributed by atoms with E-state index in [4.69, 9.17) is 4.74 Å². The number of rotatable bonds is 3. The Hall–Kier alpha value is -0.420. The van der Waals surface area contributed by atoms with Crippen molar-refractivity contribution in [2.45, 2.75) is 0 Å². The average molecular weight is 326 g/mol. The van der Waals surface area contributed by atoms with Gasteiger partial charge in [-0.2, -0.15) is 0 Å². The molecule has 0 aliphatic rings. The fraction of sp³-hybridized carbons (Fsp3) is 0.222. The summed E-state index contributed by atoms with van der Waals surface area (Å²) in [5.41, 5.74) is 0.359. The van der Waals surface area contributed by atoms with E-state index in [0.29, 0.717) is 5.56 Å². The normalized spacial score (nSPS) is 10.0. The number of carbonyl (C=O) groups excluding carboxylic acids is 1. The number of ether oxygens (including phenoxy) is 1. The van der Waals surface area contributed by atoms with Gasteiger partial charge < -0.3 is 4.74 Å². The third-order valence-electron chi connectivity index (χ3n) is 1.68. The molecule has 0 radical (unpaired) electrons. The van der Waals surface area contributed by atoms with Gasteiger partial charge in [0.1, 0.15) is 11.6 Å². The third-order valence-corrected chi connectivity index (χ3v) is 2.92. The van der Waals surface area contributed by atoms with Crippen LogP contribution in [0, 0.1) is 5.82 Å². The number of hydrogen-bond acceptors (Lipinski definition) is 2. The molecule has 0 unspecified atom stereocenters. The Kier molecular flexibility index (Phi) is 4.07. The summed E-state index contributed by atoms with van der Waals surface area (Å²) in [5.74, 6) is -0.370. The number of alkyl halides is 1. The molecule has 14 heavy (non-hydrogen) atoms. The lowest BCUT2D eigenvalue weighted by Gasteiger charge is -2.08. The summed E-state index contributed by atoms with van der Waals surface area (Å²) in [6, 6.07) is 2.63. The molecule has 1 aromatic carbocycles. The summed E-state index contributed by atoms with van der Waals surface area (Å²) in [7, 11) is 1.39. The molecular weight excluding hydrogens is 319 g/mol. The average Bonchev–Trinajstić information content (AvgIpc) is 2.20. The second-order valence-corrected chi connectivity index (χ2v) is 3.85. The number of benzene rings is 1. The van der Waals surface area contributed by atoms with E-state index in [-0.39, 0.29) is 21.3 Å². The lowest BCUT2D eigenvalue weighted by atomic mass is 10.1. The van der Waals surface area contributed by atoms with Gasteiger partial charge in [0.25, 0.3) is 0 Å². The smallest absolute Gasteiger partial charge is 0.177 e. The van der Waals surface area contributed by atoms with Gasteiger partial charge in [-0.3, -0.25) is 4.79 Å². The Balaban J connectivity index is 3.31. The number of hydrogen-bond donors (Lipinski definition) is 0. The number of halogens is 3. The van der Waals surface area contributed by atoms with Crippen molar-refractivity contribution in [2.75, 3.05) is 12.4 Å². The van der Waals surface area contributed by atoms with Crippen LogP contribution >= 0.6 is 31.9 Å². The Bertz CT molecular complexity index is 366. The number of carbonyl (C=O) groups is 1. The van der Waals surface area contributed by atoms with E-state index in [1.165, 1.54) is 19.2 Å². The van der Waals surface area contributed by atoms with Crippen LogP contribution in [-0.4, -0.2) is 18.2 Å². The Morgan fingerprint density at radius 3 is 2.71 bits per heavy atom. The first kappa shape index (κ1) is 11.7. The molecule has 0 heterocycles. The van der Waals surface area contributed by atoms with Gasteiger partial charge in [-0.1, -0.05) is 15.9 Å². The zero-order valence-corrected chi connectivity index (χ0v) is 10.5. The minimum atomic E-state index is -0.451. The SMILES string of the molecule is COc1c(C(=O)CBr)ccc(F)c1Br. The first-order valence-electron chi connectivity index (χ1n) is 3.73. The van der Waals surface area contributed by atoms with E-state index < -0.39 is 5.82 Å². The van der Waals surface area contributed by atoms with Crippen molar-refractivity contribution in [2.24, 2.45) is 0 Å².